The number of nitrogens with two attached hydrogens (primary N) is 1. The molecule has 0 saturated carbocycles. The minimum atomic E-state index is -4.45. The van der Waals surface area contributed by atoms with Crippen molar-refractivity contribution in [3.8, 4) is 0 Å². The van der Waals surface area contributed by atoms with Gasteiger partial charge in [-0.3, -0.25) is 9.59 Å². The van der Waals surface area contributed by atoms with Gasteiger partial charge in [0.25, 0.3) is 5.91 Å². The van der Waals surface area contributed by atoms with Gasteiger partial charge in [0, 0.05) is 18.2 Å². The van der Waals surface area contributed by atoms with Gasteiger partial charge in [-0.05, 0) is 31.2 Å². The molecule has 1 atom stereocenters. The fourth-order valence-corrected chi connectivity index (χ4v) is 1.46. The summed E-state index contributed by atoms with van der Waals surface area (Å²) in [6.45, 7) is 1.69. The van der Waals surface area contributed by atoms with Crippen molar-refractivity contribution in [3.63, 3.8) is 0 Å². The lowest BCUT2D eigenvalue weighted by molar-refractivity contribution is -0.137. The van der Waals surface area contributed by atoms with Crippen LogP contribution in [0.4, 0.5) is 13.2 Å². The van der Waals surface area contributed by atoms with E-state index in [0.29, 0.717) is 0 Å². The fourth-order valence-electron chi connectivity index (χ4n) is 1.46. The summed E-state index contributed by atoms with van der Waals surface area (Å²) in [5.74, 6) is -1.05. The molecule has 0 aliphatic heterocycles. The normalized spacial score (nSPS) is 12.0. The molecule has 1 rings (SSSR count). The molecule has 0 fully saturated rings. The highest BCUT2D eigenvalue weighted by atomic mass is 35.5. The highest BCUT2D eigenvalue weighted by Gasteiger charge is 2.30. The lowest BCUT2D eigenvalue weighted by atomic mass is 10.1. The van der Waals surface area contributed by atoms with Gasteiger partial charge < -0.3 is 16.4 Å². The van der Waals surface area contributed by atoms with Crippen LogP contribution in [0.5, 0.6) is 0 Å². The van der Waals surface area contributed by atoms with Crippen LogP contribution in [0.3, 0.4) is 0 Å². The second kappa shape index (κ2) is 8.60. The first kappa shape index (κ1) is 20.2. The van der Waals surface area contributed by atoms with E-state index in [-0.39, 0.29) is 37.1 Å². The number of nitrogens with one attached hydrogen (secondary N) is 2. The molecule has 0 aromatic heterocycles. The molecule has 4 N–H and O–H groups in total. The zero-order valence-electron chi connectivity index (χ0n) is 11.7. The Kier molecular flexibility index (Phi) is 7.89. The number of hydrogen-bond donors (Lipinski definition) is 3. The number of halogens is 4. The Hall–Kier alpha value is -1.80. The fraction of sp³-hybridized carbons (Fsp3) is 0.385. The summed E-state index contributed by atoms with van der Waals surface area (Å²) in [7, 11) is 0. The van der Waals surface area contributed by atoms with E-state index in [9.17, 15) is 22.8 Å². The Bertz CT molecular complexity index is 506. The number of carbonyl (C=O) groups excluding carboxylic acids is 2. The average Bonchev–Trinajstić information content (AvgIpc) is 2.43. The smallest absolute Gasteiger partial charge is 0.351 e. The van der Waals surface area contributed by atoms with Gasteiger partial charge >= 0.3 is 6.18 Å². The Balaban J connectivity index is 0.00000441. The zero-order chi connectivity index (χ0) is 16.0. The van der Waals surface area contributed by atoms with E-state index < -0.39 is 23.6 Å². The number of benzene rings is 1. The zero-order valence-corrected chi connectivity index (χ0v) is 12.6. The standard InChI is InChI=1S/C13H16F3N3O2.ClH/c1-8(6-17)19-11(20)7-18-12(21)9-2-4-10(5-3-9)13(14,15)16;/h2-5,8H,6-7,17H2,1H3,(H,18,21)(H,19,20);1H/t8-;/m0./s1. The number of carbonyl (C=O) groups is 2. The monoisotopic (exact) mass is 339 g/mol. The van der Waals surface area contributed by atoms with Crippen molar-refractivity contribution in [1.82, 2.24) is 10.6 Å². The lowest BCUT2D eigenvalue weighted by Crippen LogP contribution is -2.43. The molecular weight excluding hydrogens is 323 g/mol. The Labute approximate surface area is 131 Å². The van der Waals surface area contributed by atoms with Crippen LogP contribution in [0, 0.1) is 0 Å². The largest absolute Gasteiger partial charge is 0.416 e. The average molecular weight is 340 g/mol. The molecule has 0 heterocycles. The van der Waals surface area contributed by atoms with Crippen LogP contribution in [0.15, 0.2) is 24.3 Å². The van der Waals surface area contributed by atoms with Crippen LogP contribution >= 0.6 is 12.4 Å². The van der Waals surface area contributed by atoms with E-state index in [2.05, 4.69) is 10.6 Å². The number of rotatable bonds is 5. The van der Waals surface area contributed by atoms with E-state index in [4.69, 9.17) is 5.73 Å². The van der Waals surface area contributed by atoms with Crippen molar-refractivity contribution >= 4 is 24.2 Å². The number of hydrogen-bond acceptors (Lipinski definition) is 3. The van der Waals surface area contributed by atoms with Gasteiger partial charge in [0.05, 0.1) is 12.1 Å². The second-order valence-electron chi connectivity index (χ2n) is 4.46. The Morgan fingerprint density at radius 3 is 2.23 bits per heavy atom. The highest BCUT2D eigenvalue weighted by Crippen LogP contribution is 2.28. The van der Waals surface area contributed by atoms with Crippen molar-refractivity contribution in [3.05, 3.63) is 35.4 Å². The highest BCUT2D eigenvalue weighted by molar-refractivity contribution is 5.96. The third-order valence-electron chi connectivity index (χ3n) is 2.64. The van der Waals surface area contributed by atoms with Gasteiger partial charge in [0.2, 0.25) is 5.91 Å². The summed E-state index contributed by atoms with van der Waals surface area (Å²) in [5, 5.41) is 4.85. The minimum Gasteiger partial charge on any atom is -0.351 e. The third kappa shape index (κ3) is 6.31. The van der Waals surface area contributed by atoms with Gasteiger partial charge in [0.1, 0.15) is 0 Å². The molecule has 0 saturated heterocycles. The van der Waals surface area contributed by atoms with Crippen molar-refractivity contribution < 1.29 is 22.8 Å². The summed E-state index contributed by atoms with van der Waals surface area (Å²) < 4.78 is 37.1. The third-order valence-corrected chi connectivity index (χ3v) is 2.64. The van der Waals surface area contributed by atoms with Crippen molar-refractivity contribution in [2.45, 2.75) is 19.1 Å². The molecule has 1 aromatic rings. The molecule has 0 spiro atoms. The molecular formula is C13H17ClF3N3O2. The van der Waals surface area contributed by atoms with Crippen molar-refractivity contribution in [1.29, 1.82) is 0 Å². The molecule has 0 radical (unpaired) electrons. The van der Waals surface area contributed by atoms with Gasteiger partial charge in [-0.2, -0.15) is 13.2 Å². The first-order valence-electron chi connectivity index (χ1n) is 6.19. The molecule has 0 aliphatic carbocycles. The summed E-state index contributed by atoms with van der Waals surface area (Å²) >= 11 is 0. The van der Waals surface area contributed by atoms with Gasteiger partial charge in [-0.1, -0.05) is 0 Å². The van der Waals surface area contributed by atoms with Gasteiger partial charge in [-0.25, -0.2) is 0 Å². The minimum absolute atomic E-state index is 0. The van der Waals surface area contributed by atoms with Crippen LogP contribution in [-0.2, 0) is 11.0 Å². The molecule has 22 heavy (non-hydrogen) atoms. The molecule has 124 valence electrons. The van der Waals surface area contributed by atoms with E-state index >= 15 is 0 Å². The van der Waals surface area contributed by atoms with Crippen LogP contribution in [-0.4, -0.2) is 30.9 Å². The SMILES string of the molecule is C[C@@H](CN)NC(=O)CNC(=O)c1ccc(C(F)(F)F)cc1.Cl. The second-order valence-corrected chi connectivity index (χ2v) is 4.46. The number of alkyl halides is 3. The predicted octanol–water partition coefficient (Wildman–Crippen LogP) is 1.32. The Morgan fingerprint density at radius 1 is 1.23 bits per heavy atom. The Morgan fingerprint density at radius 2 is 1.77 bits per heavy atom. The topological polar surface area (TPSA) is 84.2 Å². The molecule has 9 heteroatoms. The maximum atomic E-state index is 12.4. The van der Waals surface area contributed by atoms with E-state index in [1.54, 1.807) is 6.92 Å². The summed E-state index contributed by atoms with van der Waals surface area (Å²) in [6, 6.07) is 3.51. The lowest BCUT2D eigenvalue weighted by Gasteiger charge is -2.12. The molecule has 0 aliphatic rings. The molecule has 1 aromatic carbocycles. The van der Waals surface area contributed by atoms with Crippen LogP contribution < -0.4 is 16.4 Å². The van der Waals surface area contributed by atoms with E-state index in [1.807, 2.05) is 0 Å². The van der Waals surface area contributed by atoms with Crippen molar-refractivity contribution in [2.24, 2.45) is 5.73 Å². The summed E-state index contributed by atoms with van der Waals surface area (Å²) in [5.41, 5.74) is 4.53. The summed E-state index contributed by atoms with van der Waals surface area (Å²) in [4.78, 5) is 23.1. The molecule has 0 bridgehead atoms. The van der Waals surface area contributed by atoms with Crippen LogP contribution in [0.25, 0.3) is 0 Å². The first-order chi connectivity index (χ1) is 9.74. The molecule has 2 amide bonds. The molecule has 0 unspecified atom stereocenters. The van der Waals surface area contributed by atoms with Gasteiger partial charge in [-0.15, -0.1) is 12.4 Å². The maximum Gasteiger partial charge on any atom is 0.416 e. The van der Waals surface area contributed by atoms with Crippen LogP contribution in [0.1, 0.15) is 22.8 Å². The molecule has 5 nitrogen and oxygen atoms in total. The van der Waals surface area contributed by atoms with Crippen molar-refractivity contribution in [2.75, 3.05) is 13.1 Å². The van der Waals surface area contributed by atoms with Crippen LogP contribution in [0.2, 0.25) is 0 Å². The summed E-state index contributed by atoms with van der Waals surface area (Å²) in [6.07, 6.45) is -4.45. The van der Waals surface area contributed by atoms with E-state index in [0.717, 1.165) is 24.3 Å². The predicted molar refractivity (Wildman–Crippen MR) is 77.7 cm³/mol. The first-order valence-corrected chi connectivity index (χ1v) is 6.19. The van der Waals surface area contributed by atoms with E-state index in [1.165, 1.54) is 0 Å². The maximum absolute atomic E-state index is 12.4. The quantitative estimate of drug-likeness (QED) is 0.756. The van der Waals surface area contributed by atoms with Gasteiger partial charge in [0.15, 0.2) is 0 Å². The number of amides is 2.